The van der Waals surface area contributed by atoms with Gasteiger partial charge in [0.2, 0.25) is 11.6 Å². The van der Waals surface area contributed by atoms with E-state index in [1.807, 2.05) is 13.8 Å². The van der Waals surface area contributed by atoms with Crippen molar-refractivity contribution in [3.05, 3.63) is 51.3 Å². The first-order chi connectivity index (χ1) is 15.3. The number of hydrazone groups is 1. The molecule has 0 aliphatic rings. The first-order valence-corrected chi connectivity index (χ1v) is 9.70. The number of amides is 1. The van der Waals surface area contributed by atoms with Crippen LogP contribution in [0.1, 0.15) is 42.5 Å². The van der Waals surface area contributed by atoms with Crippen LogP contribution in [-0.2, 0) is 6.54 Å². The SMILES string of the molecule is CCN(CC)Cc1nnn(-c2nonc2N)c1C(=O)N/N=C(\C)c1ccc([N+](=O)[O-])cc1.Cl. The van der Waals surface area contributed by atoms with E-state index in [0.29, 0.717) is 23.5 Å². The molecule has 0 radical (unpaired) electrons. The number of carbonyl (C=O) groups excluding carboxylic acids is 1. The summed E-state index contributed by atoms with van der Waals surface area (Å²) in [6.45, 7) is 7.50. The fourth-order valence-electron chi connectivity index (χ4n) is 2.87. The third kappa shape index (κ3) is 5.67. The van der Waals surface area contributed by atoms with Crippen molar-refractivity contribution in [2.75, 3.05) is 18.8 Å². The van der Waals surface area contributed by atoms with Crippen molar-refractivity contribution in [3.8, 4) is 5.82 Å². The van der Waals surface area contributed by atoms with Crippen molar-refractivity contribution >= 4 is 35.5 Å². The van der Waals surface area contributed by atoms with Crippen LogP contribution < -0.4 is 11.2 Å². The number of anilines is 1. The standard InChI is InChI=1S/C18H22N10O4.ClH/c1-4-26(5-2)10-14-15(27(25-21-14)17-16(19)23-32-24-17)18(29)22-20-11(3)12-6-8-13(9-7-12)28(30)31;/h6-9H,4-5,10H2,1-3H3,(H2,19,23)(H,22,29);1H/b20-11+;. The molecule has 0 fully saturated rings. The van der Waals surface area contributed by atoms with Gasteiger partial charge in [0.05, 0.1) is 10.6 Å². The van der Waals surface area contributed by atoms with Gasteiger partial charge in [0.1, 0.15) is 5.69 Å². The van der Waals surface area contributed by atoms with Crippen LogP contribution in [0.3, 0.4) is 0 Å². The molecule has 1 amide bonds. The third-order valence-electron chi connectivity index (χ3n) is 4.74. The van der Waals surface area contributed by atoms with Crippen molar-refractivity contribution in [1.82, 2.24) is 35.6 Å². The number of nitrogen functional groups attached to an aromatic ring is 1. The number of hydrogen-bond acceptors (Lipinski definition) is 11. The number of hydrogen-bond donors (Lipinski definition) is 2. The van der Waals surface area contributed by atoms with Crippen molar-refractivity contribution in [3.63, 3.8) is 0 Å². The van der Waals surface area contributed by atoms with Gasteiger partial charge >= 0.3 is 0 Å². The molecule has 0 aliphatic carbocycles. The molecule has 0 saturated heterocycles. The fraction of sp³-hybridized carbons (Fsp3) is 0.333. The minimum Gasteiger partial charge on any atom is -0.378 e. The summed E-state index contributed by atoms with van der Waals surface area (Å²) in [5, 5.41) is 30.2. The molecule has 176 valence electrons. The fourth-order valence-corrected chi connectivity index (χ4v) is 2.87. The van der Waals surface area contributed by atoms with E-state index in [9.17, 15) is 14.9 Å². The number of nitro benzene ring substituents is 1. The number of benzene rings is 1. The zero-order valence-corrected chi connectivity index (χ0v) is 18.9. The maximum Gasteiger partial charge on any atom is 0.292 e. The number of nitrogens with two attached hydrogens (primary N) is 1. The molecule has 0 unspecified atom stereocenters. The molecule has 3 rings (SSSR count). The predicted molar refractivity (Wildman–Crippen MR) is 120 cm³/mol. The number of aromatic nitrogens is 5. The van der Waals surface area contributed by atoms with Crippen LogP contribution in [0.2, 0.25) is 0 Å². The van der Waals surface area contributed by atoms with Gasteiger partial charge in [-0.05, 0) is 48.0 Å². The monoisotopic (exact) mass is 478 g/mol. The number of non-ortho nitro benzene ring substituents is 1. The van der Waals surface area contributed by atoms with Gasteiger partial charge in [-0.15, -0.1) is 17.5 Å². The van der Waals surface area contributed by atoms with Crippen molar-refractivity contribution in [1.29, 1.82) is 0 Å². The Morgan fingerprint density at radius 1 is 1.27 bits per heavy atom. The van der Waals surface area contributed by atoms with Crippen molar-refractivity contribution in [2.45, 2.75) is 27.3 Å². The smallest absolute Gasteiger partial charge is 0.292 e. The van der Waals surface area contributed by atoms with E-state index in [1.165, 1.54) is 12.1 Å². The lowest BCUT2D eigenvalue weighted by atomic mass is 10.1. The van der Waals surface area contributed by atoms with E-state index in [-0.39, 0.29) is 35.4 Å². The van der Waals surface area contributed by atoms with Gasteiger partial charge in [-0.3, -0.25) is 19.8 Å². The maximum absolute atomic E-state index is 13.0. The van der Waals surface area contributed by atoms with Crippen LogP contribution >= 0.6 is 12.4 Å². The average molecular weight is 479 g/mol. The largest absolute Gasteiger partial charge is 0.378 e. The van der Waals surface area contributed by atoms with E-state index >= 15 is 0 Å². The second-order valence-corrected chi connectivity index (χ2v) is 6.67. The summed E-state index contributed by atoms with van der Waals surface area (Å²) in [4.78, 5) is 25.4. The van der Waals surface area contributed by atoms with Gasteiger partial charge in [-0.1, -0.05) is 19.1 Å². The molecule has 3 N–H and O–H groups in total. The quantitative estimate of drug-likeness (QED) is 0.260. The van der Waals surface area contributed by atoms with Crippen LogP contribution in [0.25, 0.3) is 5.82 Å². The Balaban J connectivity index is 0.00000385. The Morgan fingerprint density at radius 2 is 1.94 bits per heavy atom. The number of halogens is 1. The first kappa shape index (κ1) is 25.4. The molecule has 2 aromatic heterocycles. The molecule has 15 heteroatoms. The minimum absolute atomic E-state index is 0. The Bertz CT molecular complexity index is 1140. The molecule has 0 aliphatic heterocycles. The molecule has 3 aromatic rings. The molecular weight excluding hydrogens is 456 g/mol. The summed E-state index contributed by atoms with van der Waals surface area (Å²) < 4.78 is 5.77. The van der Waals surface area contributed by atoms with Gasteiger partial charge in [-0.25, -0.2) is 10.1 Å². The topological polar surface area (TPSA) is 183 Å². The van der Waals surface area contributed by atoms with E-state index in [0.717, 1.165) is 17.8 Å². The summed E-state index contributed by atoms with van der Waals surface area (Å²) >= 11 is 0. The van der Waals surface area contributed by atoms with Crippen LogP contribution in [0.5, 0.6) is 0 Å². The second kappa shape index (κ2) is 11.1. The van der Waals surface area contributed by atoms with Crippen LogP contribution in [0, 0.1) is 10.1 Å². The lowest BCUT2D eigenvalue weighted by Gasteiger charge is -2.16. The van der Waals surface area contributed by atoms with Crippen LogP contribution in [-0.4, -0.2) is 59.8 Å². The van der Waals surface area contributed by atoms with Gasteiger partial charge in [-0.2, -0.15) is 9.78 Å². The molecule has 14 nitrogen and oxygen atoms in total. The molecule has 0 bridgehead atoms. The lowest BCUT2D eigenvalue weighted by Crippen LogP contribution is -2.27. The van der Waals surface area contributed by atoms with Crippen molar-refractivity contribution in [2.24, 2.45) is 5.10 Å². The molecule has 1 aromatic carbocycles. The first-order valence-electron chi connectivity index (χ1n) is 9.70. The highest BCUT2D eigenvalue weighted by Crippen LogP contribution is 2.17. The molecule has 2 heterocycles. The Labute approximate surface area is 194 Å². The normalized spacial score (nSPS) is 11.3. The highest BCUT2D eigenvalue weighted by atomic mass is 35.5. The third-order valence-corrected chi connectivity index (χ3v) is 4.74. The zero-order valence-electron chi connectivity index (χ0n) is 18.1. The van der Waals surface area contributed by atoms with Gasteiger partial charge < -0.3 is 5.73 Å². The van der Waals surface area contributed by atoms with E-state index in [4.69, 9.17) is 5.73 Å². The molecule has 0 atom stereocenters. The number of nitrogens with zero attached hydrogens (tertiary/aromatic N) is 8. The molecule has 33 heavy (non-hydrogen) atoms. The summed E-state index contributed by atoms with van der Waals surface area (Å²) in [6.07, 6.45) is 0. The van der Waals surface area contributed by atoms with Gasteiger partial charge in [0.25, 0.3) is 11.6 Å². The van der Waals surface area contributed by atoms with E-state index < -0.39 is 10.8 Å². The van der Waals surface area contributed by atoms with Crippen LogP contribution in [0.15, 0.2) is 34.0 Å². The Morgan fingerprint density at radius 3 is 2.48 bits per heavy atom. The number of rotatable bonds is 9. The predicted octanol–water partition coefficient (Wildman–Crippen LogP) is 1.56. The Kier molecular flexibility index (Phi) is 8.53. The summed E-state index contributed by atoms with van der Waals surface area (Å²) in [5.41, 5.74) is 9.72. The zero-order chi connectivity index (χ0) is 23.3. The second-order valence-electron chi connectivity index (χ2n) is 6.67. The highest BCUT2D eigenvalue weighted by Gasteiger charge is 2.26. The maximum atomic E-state index is 13.0. The summed E-state index contributed by atoms with van der Waals surface area (Å²) in [5.74, 6) is -0.616. The number of nitro groups is 1. The van der Waals surface area contributed by atoms with Crippen molar-refractivity contribution < 1.29 is 14.3 Å². The average Bonchev–Trinajstić information content (AvgIpc) is 3.41. The minimum atomic E-state index is -0.596. The van der Waals surface area contributed by atoms with Gasteiger partial charge in [0.15, 0.2) is 5.69 Å². The van der Waals surface area contributed by atoms with Crippen LogP contribution in [0.4, 0.5) is 11.5 Å². The Hall–Kier alpha value is -3.91. The highest BCUT2D eigenvalue weighted by molar-refractivity contribution is 6.01. The molecule has 0 spiro atoms. The number of carbonyl (C=O) groups is 1. The number of nitrogens with one attached hydrogen (secondary N) is 1. The molecule has 0 saturated carbocycles. The lowest BCUT2D eigenvalue weighted by molar-refractivity contribution is -0.384. The van der Waals surface area contributed by atoms with E-state index in [2.05, 4.69) is 40.7 Å². The molecular formula is C18H23ClN10O4. The summed E-state index contributed by atoms with van der Waals surface area (Å²) in [7, 11) is 0. The van der Waals surface area contributed by atoms with Gasteiger partial charge in [0, 0.05) is 18.7 Å². The van der Waals surface area contributed by atoms with E-state index in [1.54, 1.807) is 19.1 Å². The summed E-state index contributed by atoms with van der Waals surface area (Å²) in [6, 6.07) is 5.81.